The van der Waals surface area contributed by atoms with Crippen molar-refractivity contribution in [2.24, 2.45) is 0 Å². The molecule has 2 nitrogen and oxygen atoms in total. The summed E-state index contributed by atoms with van der Waals surface area (Å²) in [6.07, 6.45) is 2.52. The highest BCUT2D eigenvalue weighted by molar-refractivity contribution is 6.42. The van der Waals surface area contributed by atoms with Crippen molar-refractivity contribution in [2.75, 3.05) is 5.32 Å². The Kier molecular flexibility index (Phi) is 4.94. The molecule has 0 aliphatic heterocycles. The van der Waals surface area contributed by atoms with E-state index in [2.05, 4.69) is 5.32 Å². The van der Waals surface area contributed by atoms with E-state index in [-0.39, 0.29) is 0 Å². The first-order chi connectivity index (χ1) is 9.99. The summed E-state index contributed by atoms with van der Waals surface area (Å²) in [6, 6.07) is 8.24. The van der Waals surface area contributed by atoms with Gasteiger partial charge in [0.05, 0.1) is 10.0 Å². The molecule has 0 aliphatic carbocycles. The Morgan fingerprint density at radius 3 is 2.33 bits per heavy atom. The van der Waals surface area contributed by atoms with Crippen LogP contribution >= 0.6 is 23.2 Å². The fourth-order valence-electron chi connectivity index (χ4n) is 1.60. The van der Waals surface area contributed by atoms with Gasteiger partial charge in [0, 0.05) is 6.08 Å². The normalized spacial score (nSPS) is 10.9. The summed E-state index contributed by atoms with van der Waals surface area (Å²) in [5.74, 6) is -2.38. The van der Waals surface area contributed by atoms with Gasteiger partial charge in [-0.25, -0.2) is 8.78 Å². The molecule has 21 heavy (non-hydrogen) atoms. The summed E-state index contributed by atoms with van der Waals surface area (Å²) in [7, 11) is 0. The van der Waals surface area contributed by atoms with Crippen LogP contribution in [-0.2, 0) is 4.79 Å². The molecule has 6 heteroatoms. The lowest BCUT2D eigenvalue weighted by atomic mass is 10.2. The summed E-state index contributed by atoms with van der Waals surface area (Å²) in [5.41, 5.74) is 0.0256. The van der Waals surface area contributed by atoms with E-state index < -0.39 is 23.2 Å². The molecule has 1 amide bonds. The van der Waals surface area contributed by atoms with Crippen LogP contribution in [0, 0.1) is 11.6 Å². The molecule has 2 rings (SSSR count). The summed E-state index contributed by atoms with van der Waals surface area (Å²) < 4.78 is 26.7. The minimum Gasteiger partial charge on any atom is -0.318 e. The number of hydrogen-bond donors (Lipinski definition) is 1. The Hall–Kier alpha value is -1.91. The molecule has 0 atom stereocenters. The van der Waals surface area contributed by atoms with Crippen molar-refractivity contribution in [1.29, 1.82) is 0 Å². The molecule has 2 aromatic carbocycles. The van der Waals surface area contributed by atoms with E-state index in [1.54, 1.807) is 18.2 Å². The number of halogens is 4. The minimum absolute atomic E-state index is 0.292. The predicted molar refractivity (Wildman–Crippen MR) is 80.5 cm³/mol. The average Bonchev–Trinajstić information content (AvgIpc) is 2.45. The summed E-state index contributed by atoms with van der Waals surface area (Å²) in [5, 5.41) is 2.77. The van der Waals surface area contributed by atoms with E-state index >= 15 is 0 Å². The lowest BCUT2D eigenvalue weighted by Gasteiger charge is -2.05. The van der Waals surface area contributed by atoms with Crippen molar-refractivity contribution >= 4 is 40.9 Å². The standard InChI is InChI=1S/C15H9Cl2F2NO/c16-10-4-1-3-9(14(10)17)7-8-13(21)20-15-11(18)5-2-6-12(15)19/h1-8H,(H,20,21)/b8-7+. The third-order valence-corrected chi connectivity index (χ3v) is 3.44. The third-order valence-electron chi connectivity index (χ3n) is 2.61. The second kappa shape index (κ2) is 6.70. The van der Waals surface area contributed by atoms with Crippen molar-refractivity contribution in [1.82, 2.24) is 0 Å². The Labute approximate surface area is 130 Å². The van der Waals surface area contributed by atoms with Crippen LogP contribution in [0.2, 0.25) is 10.0 Å². The van der Waals surface area contributed by atoms with E-state index in [1.807, 2.05) is 0 Å². The van der Waals surface area contributed by atoms with Crippen LogP contribution in [-0.4, -0.2) is 5.91 Å². The molecule has 0 aromatic heterocycles. The highest BCUT2D eigenvalue weighted by atomic mass is 35.5. The highest BCUT2D eigenvalue weighted by Crippen LogP contribution is 2.26. The Balaban J connectivity index is 2.15. The molecule has 0 heterocycles. The van der Waals surface area contributed by atoms with Gasteiger partial charge >= 0.3 is 0 Å². The van der Waals surface area contributed by atoms with E-state index in [0.29, 0.717) is 15.6 Å². The van der Waals surface area contributed by atoms with Crippen LogP contribution in [0.5, 0.6) is 0 Å². The van der Waals surface area contributed by atoms with Crippen LogP contribution in [0.15, 0.2) is 42.5 Å². The van der Waals surface area contributed by atoms with Crippen LogP contribution in [0.4, 0.5) is 14.5 Å². The van der Waals surface area contributed by atoms with Gasteiger partial charge in [-0.2, -0.15) is 0 Å². The van der Waals surface area contributed by atoms with Crippen molar-refractivity contribution in [3.05, 3.63) is 69.7 Å². The zero-order chi connectivity index (χ0) is 15.4. The van der Waals surface area contributed by atoms with Crippen molar-refractivity contribution in [2.45, 2.75) is 0 Å². The monoisotopic (exact) mass is 327 g/mol. The maximum atomic E-state index is 13.4. The van der Waals surface area contributed by atoms with E-state index in [1.165, 1.54) is 12.1 Å². The number of rotatable bonds is 3. The topological polar surface area (TPSA) is 29.1 Å². The maximum Gasteiger partial charge on any atom is 0.248 e. The van der Waals surface area contributed by atoms with Crippen LogP contribution in [0.3, 0.4) is 0 Å². The van der Waals surface area contributed by atoms with Gasteiger partial charge in [0.1, 0.15) is 17.3 Å². The fraction of sp³-hybridized carbons (Fsp3) is 0. The van der Waals surface area contributed by atoms with Crippen molar-refractivity contribution < 1.29 is 13.6 Å². The van der Waals surface area contributed by atoms with Gasteiger partial charge in [-0.1, -0.05) is 41.4 Å². The van der Waals surface area contributed by atoms with E-state index in [0.717, 1.165) is 18.2 Å². The SMILES string of the molecule is O=C(/C=C/c1cccc(Cl)c1Cl)Nc1c(F)cccc1F. The van der Waals surface area contributed by atoms with Gasteiger partial charge in [-0.05, 0) is 29.8 Å². The predicted octanol–water partition coefficient (Wildman–Crippen LogP) is 4.92. The first-order valence-corrected chi connectivity index (χ1v) is 6.61. The molecule has 108 valence electrons. The zero-order valence-electron chi connectivity index (χ0n) is 10.5. The van der Waals surface area contributed by atoms with E-state index in [4.69, 9.17) is 23.2 Å². The number of carbonyl (C=O) groups is 1. The van der Waals surface area contributed by atoms with Gasteiger partial charge in [-0.3, -0.25) is 4.79 Å². The van der Waals surface area contributed by atoms with Gasteiger partial charge in [0.15, 0.2) is 0 Å². The van der Waals surface area contributed by atoms with Gasteiger partial charge in [0.25, 0.3) is 0 Å². The number of benzene rings is 2. The quantitative estimate of drug-likeness (QED) is 0.796. The molecule has 0 saturated carbocycles. The first kappa shape index (κ1) is 15.5. The number of carbonyl (C=O) groups excluding carboxylic acids is 1. The van der Waals surface area contributed by atoms with Gasteiger partial charge in [0.2, 0.25) is 5.91 Å². The maximum absolute atomic E-state index is 13.4. The number of nitrogens with one attached hydrogen (secondary N) is 1. The Morgan fingerprint density at radius 1 is 1.05 bits per heavy atom. The number of anilines is 1. The second-order valence-corrected chi connectivity index (χ2v) is 4.85. The van der Waals surface area contributed by atoms with Crippen molar-refractivity contribution in [3.63, 3.8) is 0 Å². The second-order valence-electron chi connectivity index (χ2n) is 4.06. The molecule has 0 radical (unpaired) electrons. The molecule has 0 fully saturated rings. The minimum atomic E-state index is -0.850. The van der Waals surface area contributed by atoms with Gasteiger partial charge < -0.3 is 5.32 Å². The fourth-order valence-corrected chi connectivity index (χ4v) is 1.97. The number of hydrogen-bond acceptors (Lipinski definition) is 1. The summed E-state index contributed by atoms with van der Waals surface area (Å²) >= 11 is 11.8. The third kappa shape index (κ3) is 3.80. The van der Waals surface area contributed by atoms with E-state index in [9.17, 15) is 13.6 Å². The van der Waals surface area contributed by atoms with Crippen LogP contribution in [0.25, 0.3) is 6.08 Å². The first-order valence-electron chi connectivity index (χ1n) is 5.86. The molecular formula is C15H9Cl2F2NO. The molecule has 0 spiro atoms. The lowest BCUT2D eigenvalue weighted by Crippen LogP contribution is -2.10. The molecule has 0 bridgehead atoms. The molecule has 1 N–H and O–H groups in total. The smallest absolute Gasteiger partial charge is 0.248 e. The lowest BCUT2D eigenvalue weighted by molar-refractivity contribution is -0.111. The number of amides is 1. The van der Waals surface area contributed by atoms with Crippen molar-refractivity contribution in [3.8, 4) is 0 Å². The molecule has 0 aliphatic rings. The van der Waals surface area contributed by atoms with Crippen LogP contribution in [0.1, 0.15) is 5.56 Å². The van der Waals surface area contributed by atoms with Gasteiger partial charge in [-0.15, -0.1) is 0 Å². The Morgan fingerprint density at radius 2 is 1.67 bits per heavy atom. The Bertz CT molecular complexity index is 697. The number of para-hydroxylation sites is 1. The largest absolute Gasteiger partial charge is 0.318 e. The summed E-state index contributed by atoms with van der Waals surface area (Å²) in [4.78, 5) is 11.7. The molecule has 2 aromatic rings. The molecule has 0 unspecified atom stereocenters. The van der Waals surface area contributed by atoms with Crippen LogP contribution < -0.4 is 5.32 Å². The average molecular weight is 328 g/mol. The highest BCUT2D eigenvalue weighted by Gasteiger charge is 2.10. The molecular weight excluding hydrogens is 319 g/mol. The molecule has 0 saturated heterocycles. The zero-order valence-corrected chi connectivity index (χ0v) is 12.1. The summed E-state index contributed by atoms with van der Waals surface area (Å²) in [6.45, 7) is 0.